The fourth-order valence-corrected chi connectivity index (χ4v) is 4.57. The highest BCUT2D eigenvalue weighted by Gasteiger charge is 2.43. The average molecular weight is 319 g/mol. The lowest BCUT2D eigenvalue weighted by Crippen LogP contribution is -2.38. The maximum absolute atomic E-state index is 12.9. The molecular weight excluding hydrogens is 294 g/mol. The van der Waals surface area contributed by atoms with Gasteiger partial charge >= 0.3 is 0 Å². The molecule has 0 radical (unpaired) electrons. The molecule has 1 aromatic rings. The second kappa shape index (κ2) is 5.60. The lowest BCUT2D eigenvalue weighted by atomic mass is 9.79. The van der Waals surface area contributed by atoms with Crippen LogP contribution in [-0.4, -0.2) is 56.5 Å². The molecular formula is C17H25N3O3. The van der Waals surface area contributed by atoms with Crippen LogP contribution in [0.15, 0.2) is 0 Å². The van der Waals surface area contributed by atoms with Crippen molar-refractivity contribution in [1.82, 2.24) is 15.1 Å². The average Bonchev–Trinajstić information content (AvgIpc) is 3.10. The molecule has 0 unspecified atom stereocenters. The Morgan fingerprint density at radius 1 is 1.22 bits per heavy atom. The number of aromatic nitrogens is 2. The van der Waals surface area contributed by atoms with Crippen LogP contribution in [0, 0.1) is 17.8 Å². The molecule has 23 heavy (non-hydrogen) atoms. The number of aliphatic hydroxyl groups is 2. The van der Waals surface area contributed by atoms with Gasteiger partial charge in [-0.25, -0.2) is 0 Å². The van der Waals surface area contributed by atoms with E-state index in [9.17, 15) is 15.0 Å². The normalized spacial score (nSPS) is 36.7. The minimum Gasteiger partial charge on any atom is -0.390 e. The lowest BCUT2D eigenvalue weighted by molar-refractivity contribution is -0.0372. The van der Waals surface area contributed by atoms with Gasteiger partial charge < -0.3 is 15.1 Å². The van der Waals surface area contributed by atoms with Gasteiger partial charge in [-0.2, -0.15) is 5.10 Å². The third-order valence-corrected chi connectivity index (χ3v) is 5.99. The van der Waals surface area contributed by atoms with E-state index >= 15 is 0 Å². The highest BCUT2D eigenvalue weighted by Crippen LogP contribution is 2.37. The van der Waals surface area contributed by atoms with Crippen LogP contribution in [0.25, 0.3) is 0 Å². The van der Waals surface area contributed by atoms with Gasteiger partial charge in [0, 0.05) is 24.3 Å². The Hall–Kier alpha value is -1.40. The number of rotatable bonds is 1. The monoisotopic (exact) mass is 319 g/mol. The van der Waals surface area contributed by atoms with Gasteiger partial charge in [0.25, 0.3) is 5.91 Å². The molecule has 0 spiro atoms. The molecule has 1 saturated heterocycles. The molecule has 1 saturated carbocycles. The fraction of sp³-hybridized carbons (Fsp3) is 0.765. The maximum atomic E-state index is 12.9. The number of carbonyl (C=O) groups excluding carboxylic acids is 1. The van der Waals surface area contributed by atoms with Crippen molar-refractivity contribution < 1.29 is 15.0 Å². The second-order valence-corrected chi connectivity index (χ2v) is 7.71. The van der Waals surface area contributed by atoms with Gasteiger partial charge in [0.1, 0.15) is 0 Å². The summed E-state index contributed by atoms with van der Waals surface area (Å²) in [5.74, 6) is 1.20. The minimum absolute atomic E-state index is 0.00924. The molecule has 3 N–H and O–H groups in total. The number of nitrogens with zero attached hydrogens (tertiary/aromatic N) is 2. The van der Waals surface area contributed by atoms with E-state index in [0.717, 1.165) is 30.5 Å². The standard InChI is InChI=1S/C17H25N3O3/c1-9-2-3-13-12(4-9)16(19-18-13)17(23)20-7-10-5-14(21)15(22)6-11(10)8-20/h9-11,14-15,21-22H,2-8H2,1H3,(H,18,19)/t9-,10-,11+,14+,15+/m1/s1. The first-order valence-electron chi connectivity index (χ1n) is 8.74. The van der Waals surface area contributed by atoms with Gasteiger partial charge in [0.15, 0.2) is 5.69 Å². The Balaban J connectivity index is 1.52. The Morgan fingerprint density at radius 3 is 2.52 bits per heavy atom. The Bertz CT molecular complexity index is 596. The molecule has 2 fully saturated rings. The number of likely N-dealkylation sites (tertiary alicyclic amines) is 1. The summed E-state index contributed by atoms with van der Waals surface area (Å²) in [6, 6.07) is 0. The summed E-state index contributed by atoms with van der Waals surface area (Å²) in [6.45, 7) is 3.56. The van der Waals surface area contributed by atoms with Gasteiger partial charge in [0.2, 0.25) is 0 Å². The van der Waals surface area contributed by atoms with Crippen molar-refractivity contribution in [2.45, 2.75) is 51.2 Å². The molecule has 1 aliphatic heterocycles. The maximum Gasteiger partial charge on any atom is 0.274 e. The largest absolute Gasteiger partial charge is 0.390 e. The van der Waals surface area contributed by atoms with Crippen molar-refractivity contribution in [3.63, 3.8) is 0 Å². The van der Waals surface area contributed by atoms with E-state index in [2.05, 4.69) is 17.1 Å². The Morgan fingerprint density at radius 2 is 1.87 bits per heavy atom. The quantitative estimate of drug-likeness (QED) is 0.712. The van der Waals surface area contributed by atoms with Crippen molar-refractivity contribution >= 4 is 5.91 Å². The number of aliphatic hydroxyl groups excluding tert-OH is 2. The van der Waals surface area contributed by atoms with Gasteiger partial charge in [-0.3, -0.25) is 9.89 Å². The highest BCUT2D eigenvalue weighted by atomic mass is 16.3. The summed E-state index contributed by atoms with van der Waals surface area (Å²) in [5, 5.41) is 27.1. The van der Waals surface area contributed by atoms with Crippen molar-refractivity contribution in [2.75, 3.05) is 13.1 Å². The van der Waals surface area contributed by atoms with Crippen LogP contribution in [-0.2, 0) is 12.8 Å². The van der Waals surface area contributed by atoms with Crippen molar-refractivity contribution in [2.24, 2.45) is 17.8 Å². The summed E-state index contributed by atoms with van der Waals surface area (Å²) < 4.78 is 0. The molecule has 4 rings (SSSR count). The number of hydrogen-bond donors (Lipinski definition) is 3. The molecule has 6 nitrogen and oxygen atoms in total. The van der Waals surface area contributed by atoms with Crippen molar-refractivity contribution in [3.8, 4) is 0 Å². The lowest BCUT2D eigenvalue weighted by Gasteiger charge is -2.31. The van der Waals surface area contributed by atoms with E-state index in [1.165, 1.54) is 0 Å². The molecule has 0 bridgehead atoms. The van der Waals surface area contributed by atoms with Gasteiger partial charge in [-0.15, -0.1) is 0 Å². The van der Waals surface area contributed by atoms with E-state index in [1.54, 1.807) is 0 Å². The zero-order chi connectivity index (χ0) is 16.1. The van der Waals surface area contributed by atoms with Gasteiger partial charge in [0.05, 0.1) is 12.2 Å². The summed E-state index contributed by atoms with van der Waals surface area (Å²) >= 11 is 0. The van der Waals surface area contributed by atoms with Gasteiger partial charge in [-0.05, 0) is 49.9 Å². The van der Waals surface area contributed by atoms with Crippen LogP contribution in [0.2, 0.25) is 0 Å². The number of nitrogens with one attached hydrogen (secondary N) is 1. The number of H-pyrrole nitrogens is 1. The Kier molecular flexibility index (Phi) is 3.69. The number of aromatic amines is 1. The molecule has 1 amide bonds. The zero-order valence-electron chi connectivity index (χ0n) is 13.5. The summed E-state index contributed by atoms with van der Waals surface area (Å²) in [7, 11) is 0. The number of hydrogen-bond acceptors (Lipinski definition) is 4. The third-order valence-electron chi connectivity index (χ3n) is 5.99. The summed E-state index contributed by atoms with van der Waals surface area (Å²) in [6.07, 6.45) is 2.92. The SMILES string of the molecule is C[C@@H]1CCc2[nH]nc(C(=O)N3C[C@H]4C[C@H](O)[C@@H](O)C[C@H]4C3)c2C1. The molecule has 2 heterocycles. The smallest absolute Gasteiger partial charge is 0.274 e. The Labute approximate surface area is 135 Å². The van der Waals surface area contributed by atoms with Crippen LogP contribution in [0.1, 0.15) is 47.9 Å². The van der Waals surface area contributed by atoms with Crippen LogP contribution in [0.5, 0.6) is 0 Å². The summed E-state index contributed by atoms with van der Waals surface area (Å²) in [4.78, 5) is 14.8. The minimum atomic E-state index is -0.648. The predicted molar refractivity (Wildman–Crippen MR) is 83.9 cm³/mol. The number of amides is 1. The first kappa shape index (κ1) is 15.1. The van der Waals surface area contributed by atoms with E-state index in [4.69, 9.17) is 0 Å². The van der Waals surface area contributed by atoms with E-state index < -0.39 is 12.2 Å². The molecule has 5 atom stereocenters. The van der Waals surface area contributed by atoms with E-state index in [0.29, 0.717) is 49.4 Å². The first-order chi connectivity index (χ1) is 11.0. The van der Waals surface area contributed by atoms with Crippen LogP contribution >= 0.6 is 0 Å². The van der Waals surface area contributed by atoms with Gasteiger partial charge in [-0.1, -0.05) is 6.92 Å². The fourth-order valence-electron chi connectivity index (χ4n) is 4.57. The van der Waals surface area contributed by atoms with E-state index in [1.807, 2.05) is 4.90 Å². The van der Waals surface area contributed by atoms with Crippen LogP contribution < -0.4 is 0 Å². The molecule has 6 heteroatoms. The number of aryl methyl sites for hydroxylation is 1. The molecule has 0 aromatic carbocycles. The molecule has 1 aromatic heterocycles. The van der Waals surface area contributed by atoms with Crippen LogP contribution in [0.3, 0.4) is 0 Å². The topological polar surface area (TPSA) is 89.5 Å². The van der Waals surface area contributed by atoms with Crippen LogP contribution in [0.4, 0.5) is 0 Å². The summed E-state index contributed by atoms with van der Waals surface area (Å²) in [5.41, 5.74) is 2.81. The molecule has 2 aliphatic carbocycles. The number of fused-ring (bicyclic) bond motifs is 2. The van der Waals surface area contributed by atoms with Crippen molar-refractivity contribution in [1.29, 1.82) is 0 Å². The number of carbonyl (C=O) groups is 1. The molecule has 3 aliphatic rings. The zero-order valence-corrected chi connectivity index (χ0v) is 13.5. The third kappa shape index (κ3) is 2.58. The van der Waals surface area contributed by atoms with E-state index in [-0.39, 0.29) is 5.91 Å². The molecule has 126 valence electrons. The first-order valence-corrected chi connectivity index (χ1v) is 8.74. The predicted octanol–water partition coefficient (Wildman–Crippen LogP) is 0.738. The van der Waals surface area contributed by atoms with Crippen molar-refractivity contribution in [3.05, 3.63) is 17.0 Å². The highest BCUT2D eigenvalue weighted by molar-refractivity contribution is 5.94. The second-order valence-electron chi connectivity index (χ2n) is 7.71.